The van der Waals surface area contributed by atoms with Crippen molar-refractivity contribution in [3.8, 4) is 5.75 Å². The molecule has 0 aromatic heterocycles. The van der Waals surface area contributed by atoms with Gasteiger partial charge in [0.1, 0.15) is 5.75 Å². The largest absolute Gasteiger partial charge is 0.490 e. The van der Waals surface area contributed by atoms with Gasteiger partial charge in [-0.15, -0.1) is 0 Å². The van der Waals surface area contributed by atoms with Crippen LogP contribution in [0.25, 0.3) is 0 Å². The van der Waals surface area contributed by atoms with E-state index in [1.807, 2.05) is 31.2 Å². The van der Waals surface area contributed by atoms with Gasteiger partial charge in [-0.2, -0.15) is 0 Å². The topological polar surface area (TPSA) is 38.3 Å². The summed E-state index contributed by atoms with van der Waals surface area (Å²) in [6, 6.07) is 7.72. The van der Waals surface area contributed by atoms with Crippen molar-refractivity contribution in [2.75, 3.05) is 5.32 Å². The van der Waals surface area contributed by atoms with Gasteiger partial charge in [-0.1, -0.05) is 13.8 Å². The smallest absolute Gasteiger partial charge is 0.230 e. The van der Waals surface area contributed by atoms with Crippen molar-refractivity contribution in [1.29, 1.82) is 0 Å². The molecule has 0 spiro atoms. The van der Waals surface area contributed by atoms with Crippen LogP contribution in [-0.4, -0.2) is 12.0 Å². The minimum Gasteiger partial charge on any atom is -0.490 e. The number of anilines is 1. The molecule has 0 saturated heterocycles. The maximum Gasteiger partial charge on any atom is 0.230 e. The zero-order valence-corrected chi connectivity index (χ0v) is 12.5. The van der Waals surface area contributed by atoms with Crippen LogP contribution in [0, 0.1) is 17.3 Å². The van der Waals surface area contributed by atoms with Crippen LogP contribution < -0.4 is 10.1 Å². The lowest BCUT2D eigenvalue weighted by atomic mass is 10.1. The highest BCUT2D eigenvalue weighted by molar-refractivity contribution is 5.97. The van der Waals surface area contributed by atoms with E-state index in [2.05, 4.69) is 19.2 Å². The summed E-state index contributed by atoms with van der Waals surface area (Å²) < 4.78 is 5.88. The van der Waals surface area contributed by atoms with Crippen LogP contribution in [-0.2, 0) is 4.79 Å². The molecule has 3 nitrogen and oxygen atoms in total. The van der Waals surface area contributed by atoms with E-state index in [9.17, 15) is 4.79 Å². The van der Waals surface area contributed by atoms with E-state index in [0.717, 1.165) is 23.8 Å². The quantitative estimate of drug-likeness (QED) is 0.885. The Kier molecular flexibility index (Phi) is 3.23. The summed E-state index contributed by atoms with van der Waals surface area (Å²) in [6.07, 6.45) is 3.85. The van der Waals surface area contributed by atoms with E-state index in [0.29, 0.717) is 12.0 Å². The van der Waals surface area contributed by atoms with Crippen LogP contribution in [0.3, 0.4) is 0 Å². The second-order valence-corrected chi connectivity index (χ2v) is 6.66. The molecule has 0 aliphatic heterocycles. The molecule has 1 aromatic carbocycles. The number of amides is 1. The van der Waals surface area contributed by atoms with E-state index in [-0.39, 0.29) is 11.3 Å². The minimum atomic E-state index is -0.171. The first-order chi connectivity index (χ1) is 9.49. The Hall–Kier alpha value is -1.51. The molecule has 108 valence electrons. The van der Waals surface area contributed by atoms with Gasteiger partial charge in [0.2, 0.25) is 5.91 Å². The molecular weight excluding hydrogens is 250 g/mol. The van der Waals surface area contributed by atoms with Crippen molar-refractivity contribution in [2.45, 2.75) is 46.1 Å². The van der Waals surface area contributed by atoms with Gasteiger partial charge in [0, 0.05) is 11.1 Å². The average Bonchev–Trinajstić information content (AvgIpc) is 3.31. The Morgan fingerprint density at radius 2 is 1.95 bits per heavy atom. The predicted molar refractivity (Wildman–Crippen MR) is 79.8 cm³/mol. The minimum absolute atomic E-state index is 0.130. The molecule has 20 heavy (non-hydrogen) atoms. The first-order valence-corrected chi connectivity index (χ1v) is 7.57. The number of hydrogen-bond acceptors (Lipinski definition) is 2. The SMILES string of the molecule is CC(Oc1ccc(NC(=O)C2(C)CC2C)cc1)C1CC1. The third-order valence-corrected chi connectivity index (χ3v) is 4.90. The van der Waals surface area contributed by atoms with Crippen LogP contribution in [0.5, 0.6) is 5.75 Å². The van der Waals surface area contributed by atoms with Crippen molar-refractivity contribution in [2.24, 2.45) is 17.3 Å². The second-order valence-electron chi connectivity index (χ2n) is 6.66. The fourth-order valence-electron chi connectivity index (χ4n) is 2.66. The van der Waals surface area contributed by atoms with Gasteiger partial charge in [0.15, 0.2) is 0 Å². The highest BCUT2D eigenvalue weighted by Gasteiger charge is 2.52. The average molecular weight is 273 g/mol. The van der Waals surface area contributed by atoms with E-state index < -0.39 is 0 Å². The van der Waals surface area contributed by atoms with Crippen molar-refractivity contribution in [3.63, 3.8) is 0 Å². The molecule has 3 rings (SSSR count). The molecule has 1 amide bonds. The number of benzene rings is 1. The zero-order chi connectivity index (χ0) is 14.3. The Balaban J connectivity index is 1.57. The Labute approximate surface area is 120 Å². The van der Waals surface area contributed by atoms with Crippen LogP contribution >= 0.6 is 0 Å². The van der Waals surface area contributed by atoms with Crippen LogP contribution in [0.2, 0.25) is 0 Å². The van der Waals surface area contributed by atoms with E-state index in [1.54, 1.807) is 0 Å². The lowest BCUT2D eigenvalue weighted by Crippen LogP contribution is -2.22. The number of rotatable bonds is 5. The number of nitrogens with one attached hydrogen (secondary N) is 1. The summed E-state index contributed by atoms with van der Waals surface area (Å²) >= 11 is 0. The first kappa shape index (κ1) is 13.5. The maximum absolute atomic E-state index is 12.1. The second kappa shape index (κ2) is 4.80. The van der Waals surface area contributed by atoms with Crippen molar-refractivity contribution >= 4 is 11.6 Å². The molecule has 0 heterocycles. The van der Waals surface area contributed by atoms with Crippen LogP contribution in [0.15, 0.2) is 24.3 Å². The highest BCUT2D eigenvalue weighted by atomic mass is 16.5. The van der Waals surface area contributed by atoms with Gasteiger partial charge in [-0.25, -0.2) is 0 Å². The Morgan fingerprint density at radius 1 is 1.35 bits per heavy atom. The van der Waals surface area contributed by atoms with Gasteiger partial charge in [-0.05, 0) is 62.3 Å². The first-order valence-electron chi connectivity index (χ1n) is 7.57. The Bertz CT molecular complexity index is 506. The molecule has 2 fully saturated rings. The highest BCUT2D eigenvalue weighted by Crippen LogP contribution is 2.52. The molecule has 3 heteroatoms. The fourth-order valence-corrected chi connectivity index (χ4v) is 2.66. The summed E-state index contributed by atoms with van der Waals surface area (Å²) in [6.45, 7) is 6.28. The molecular formula is C17H23NO2. The lowest BCUT2D eigenvalue weighted by Gasteiger charge is -2.15. The van der Waals surface area contributed by atoms with Crippen molar-refractivity contribution in [3.05, 3.63) is 24.3 Å². The molecule has 1 N–H and O–H groups in total. The maximum atomic E-state index is 12.1. The molecule has 2 saturated carbocycles. The van der Waals surface area contributed by atoms with Gasteiger partial charge in [-0.3, -0.25) is 4.79 Å². The van der Waals surface area contributed by atoms with Gasteiger partial charge >= 0.3 is 0 Å². The molecule has 0 bridgehead atoms. The van der Waals surface area contributed by atoms with E-state index in [1.165, 1.54) is 12.8 Å². The van der Waals surface area contributed by atoms with E-state index >= 15 is 0 Å². The van der Waals surface area contributed by atoms with Crippen molar-refractivity contribution < 1.29 is 9.53 Å². The van der Waals surface area contributed by atoms with Gasteiger partial charge < -0.3 is 10.1 Å². The number of carbonyl (C=O) groups excluding carboxylic acids is 1. The van der Waals surface area contributed by atoms with E-state index in [4.69, 9.17) is 4.74 Å². The molecule has 2 aliphatic carbocycles. The van der Waals surface area contributed by atoms with Crippen LogP contribution in [0.4, 0.5) is 5.69 Å². The zero-order valence-electron chi connectivity index (χ0n) is 12.5. The van der Waals surface area contributed by atoms with Gasteiger partial charge in [0.25, 0.3) is 0 Å². The monoisotopic (exact) mass is 273 g/mol. The molecule has 3 atom stereocenters. The summed E-state index contributed by atoms with van der Waals surface area (Å²) in [5.41, 5.74) is 0.678. The molecule has 0 radical (unpaired) electrons. The standard InChI is InChI=1S/C17H23NO2/c1-11-10-17(11,3)16(19)18-14-6-8-15(9-7-14)20-12(2)13-4-5-13/h6-9,11-13H,4-5,10H2,1-3H3,(H,18,19). The molecule has 1 aromatic rings. The number of hydrogen-bond donors (Lipinski definition) is 1. The normalized spacial score (nSPS) is 29.6. The molecule has 3 unspecified atom stereocenters. The summed E-state index contributed by atoms with van der Waals surface area (Å²) in [4.78, 5) is 12.1. The van der Waals surface area contributed by atoms with Crippen molar-refractivity contribution in [1.82, 2.24) is 0 Å². The summed E-state index contributed by atoms with van der Waals surface area (Å²) in [5.74, 6) is 2.23. The summed E-state index contributed by atoms with van der Waals surface area (Å²) in [7, 11) is 0. The predicted octanol–water partition coefficient (Wildman–Crippen LogP) is 3.85. The molecule has 2 aliphatic rings. The fraction of sp³-hybridized carbons (Fsp3) is 0.588. The third kappa shape index (κ3) is 2.67. The third-order valence-electron chi connectivity index (χ3n) is 4.90. The number of ether oxygens (including phenoxy) is 1. The van der Waals surface area contributed by atoms with Crippen LogP contribution in [0.1, 0.15) is 40.0 Å². The lowest BCUT2D eigenvalue weighted by molar-refractivity contribution is -0.121. The Morgan fingerprint density at radius 3 is 2.45 bits per heavy atom. The number of carbonyl (C=O) groups is 1. The van der Waals surface area contributed by atoms with Gasteiger partial charge in [0.05, 0.1) is 6.10 Å². The summed E-state index contributed by atoms with van der Waals surface area (Å²) in [5, 5.41) is 3.00.